The second kappa shape index (κ2) is 10.8. The van der Waals surface area contributed by atoms with Crippen LogP contribution in [0.2, 0.25) is 0 Å². The fourth-order valence-electron chi connectivity index (χ4n) is 3.61. The van der Waals surface area contributed by atoms with Gasteiger partial charge in [-0.15, -0.1) is 0 Å². The highest BCUT2D eigenvalue weighted by atomic mass is 16.5. The summed E-state index contributed by atoms with van der Waals surface area (Å²) in [6, 6.07) is 6.98. The molecule has 0 bridgehead atoms. The average Bonchev–Trinajstić information content (AvgIpc) is 2.70. The Bertz CT molecular complexity index is 702. The van der Waals surface area contributed by atoms with E-state index < -0.39 is 17.9 Å². The van der Waals surface area contributed by atoms with Crippen molar-refractivity contribution in [2.75, 3.05) is 20.3 Å². The van der Waals surface area contributed by atoms with Crippen molar-refractivity contribution in [1.82, 2.24) is 10.2 Å². The van der Waals surface area contributed by atoms with Crippen LogP contribution in [0.3, 0.4) is 0 Å². The number of ether oxygens (including phenoxy) is 2. The summed E-state index contributed by atoms with van der Waals surface area (Å²) in [6.07, 6.45) is 2.51. The van der Waals surface area contributed by atoms with Crippen molar-refractivity contribution in [3.05, 3.63) is 29.8 Å². The lowest BCUT2D eigenvalue weighted by molar-refractivity contribution is -0.160. The smallest absolute Gasteiger partial charge is 0.311 e. The van der Waals surface area contributed by atoms with Gasteiger partial charge in [-0.1, -0.05) is 25.5 Å². The molecule has 0 aliphatic carbocycles. The van der Waals surface area contributed by atoms with Crippen LogP contribution in [-0.4, -0.2) is 49.0 Å². The lowest BCUT2D eigenvalue weighted by atomic mass is 9.84. The number of amides is 2. The molecule has 1 aromatic rings. The van der Waals surface area contributed by atoms with Crippen LogP contribution in [0.5, 0.6) is 5.75 Å². The van der Waals surface area contributed by atoms with Crippen molar-refractivity contribution in [1.29, 1.82) is 0 Å². The monoisotopic (exact) mass is 404 g/mol. The number of nitrogens with one attached hydrogen (secondary N) is 1. The first kappa shape index (κ1) is 22.7. The second-order valence-corrected chi connectivity index (χ2v) is 7.63. The summed E-state index contributed by atoms with van der Waals surface area (Å²) in [5.41, 5.74) is 0.864. The summed E-state index contributed by atoms with van der Waals surface area (Å²) in [5.74, 6) is -0.533. The number of unbranched alkanes of at least 4 members (excludes halogenated alkanes) is 1. The molecule has 7 nitrogen and oxygen atoms in total. The summed E-state index contributed by atoms with van der Waals surface area (Å²) in [6.45, 7) is 6.03. The fourth-order valence-corrected chi connectivity index (χ4v) is 3.61. The summed E-state index contributed by atoms with van der Waals surface area (Å²) in [7, 11) is 1.59. The van der Waals surface area contributed by atoms with E-state index in [4.69, 9.17) is 9.47 Å². The van der Waals surface area contributed by atoms with Crippen molar-refractivity contribution >= 4 is 17.8 Å². The van der Waals surface area contributed by atoms with Crippen molar-refractivity contribution in [3.8, 4) is 5.75 Å². The first-order valence-electron chi connectivity index (χ1n) is 10.3. The molecule has 0 spiro atoms. The Morgan fingerprint density at radius 1 is 1.24 bits per heavy atom. The maximum atomic E-state index is 12.9. The first-order chi connectivity index (χ1) is 13.9. The molecule has 29 heavy (non-hydrogen) atoms. The Morgan fingerprint density at radius 3 is 2.52 bits per heavy atom. The molecule has 1 aliphatic heterocycles. The van der Waals surface area contributed by atoms with Crippen LogP contribution in [0.4, 0.5) is 0 Å². The molecule has 1 N–H and O–H groups in total. The largest absolute Gasteiger partial charge is 0.497 e. The quantitative estimate of drug-likeness (QED) is 0.640. The van der Waals surface area contributed by atoms with Crippen molar-refractivity contribution in [2.45, 2.75) is 58.5 Å². The number of carbonyl (C=O) groups excluding carboxylic acids is 3. The van der Waals surface area contributed by atoms with Crippen LogP contribution in [0, 0.1) is 5.92 Å². The van der Waals surface area contributed by atoms with Gasteiger partial charge in [-0.3, -0.25) is 14.4 Å². The van der Waals surface area contributed by atoms with Gasteiger partial charge in [0.2, 0.25) is 5.91 Å². The maximum Gasteiger partial charge on any atom is 0.311 e. The van der Waals surface area contributed by atoms with E-state index in [0.29, 0.717) is 25.1 Å². The first-order valence-corrected chi connectivity index (χ1v) is 10.3. The number of benzene rings is 1. The van der Waals surface area contributed by atoms with Gasteiger partial charge >= 0.3 is 5.97 Å². The molecule has 0 radical (unpaired) electrons. The fraction of sp³-hybridized carbons (Fsp3) is 0.591. The maximum absolute atomic E-state index is 12.9. The molecule has 2 amide bonds. The van der Waals surface area contributed by atoms with E-state index in [1.807, 2.05) is 38.1 Å². The molecule has 0 saturated carbocycles. The molecule has 1 aliphatic rings. The molecule has 0 unspecified atom stereocenters. The molecule has 1 saturated heterocycles. The third kappa shape index (κ3) is 6.21. The van der Waals surface area contributed by atoms with E-state index in [9.17, 15) is 14.4 Å². The molecule has 7 heteroatoms. The van der Waals surface area contributed by atoms with Crippen molar-refractivity contribution in [2.24, 2.45) is 5.92 Å². The van der Waals surface area contributed by atoms with E-state index in [1.165, 1.54) is 0 Å². The molecular weight excluding hydrogens is 372 g/mol. The Morgan fingerprint density at radius 2 is 1.93 bits per heavy atom. The molecule has 1 heterocycles. The summed E-state index contributed by atoms with van der Waals surface area (Å²) in [4.78, 5) is 39.1. The predicted octanol–water partition coefficient (Wildman–Crippen LogP) is 2.84. The molecule has 1 aromatic carbocycles. The minimum absolute atomic E-state index is 0.0231. The Labute approximate surface area is 172 Å². The van der Waals surface area contributed by atoms with E-state index in [2.05, 4.69) is 12.2 Å². The van der Waals surface area contributed by atoms with E-state index in [0.717, 1.165) is 18.4 Å². The van der Waals surface area contributed by atoms with Gasteiger partial charge in [-0.05, 0) is 44.4 Å². The third-order valence-electron chi connectivity index (χ3n) is 5.01. The number of esters is 1. The number of likely N-dealkylation sites (tertiary alicyclic amines) is 1. The van der Waals surface area contributed by atoms with E-state index >= 15 is 0 Å². The Kier molecular flexibility index (Phi) is 8.49. The van der Waals surface area contributed by atoms with Crippen LogP contribution in [-0.2, 0) is 19.1 Å². The Hall–Kier alpha value is -2.57. The molecule has 2 atom stereocenters. The third-order valence-corrected chi connectivity index (χ3v) is 5.01. The van der Waals surface area contributed by atoms with Gasteiger partial charge in [0.05, 0.1) is 19.1 Å². The number of carbonyl (C=O) groups is 3. The number of hydrogen-bond donors (Lipinski definition) is 1. The number of methoxy groups -OCH3 is 1. The van der Waals surface area contributed by atoms with E-state index in [1.54, 1.807) is 12.0 Å². The minimum Gasteiger partial charge on any atom is -0.497 e. The van der Waals surface area contributed by atoms with Crippen molar-refractivity contribution in [3.63, 3.8) is 0 Å². The van der Waals surface area contributed by atoms with Crippen LogP contribution in [0.25, 0.3) is 0 Å². The highest BCUT2D eigenvalue weighted by Gasteiger charge is 2.41. The van der Waals surface area contributed by atoms with E-state index in [-0.39, 0.29) is 24.5 Å². The standard InChI is InChI=1S/C22H32N2O5/c1-5-6-13-24-20(26)12-11-18(22(27)29-14-19(25)23-15(2)3)21(24)16-7-9-17(28-4)10-8-16/h7-10,15,18,21H,5-6,11-14H2,1-4H3,(H,23,25)/t18-,21+/m1/s1. The Balaban J connectivity index is 2.23. The highest BCUT2D eigenvalue weighted by Crippen LogP contribution is 2.38. The number of rotatable bonds is 9. The molecular formula is C22H32N2O5. The molecule has 160 valence electrons. The second-order valence-electron chi connectivity index (χ2n) is 7.63. The number of hydrogen-bond acceptors (Lipinski definition) is 5. The van der Waals surface area contributed by atoms with Crippen LogP contribution in [0.15, 0.2) is 24.3 Å². The van der Waals surface area contributed by atoms with Gasteiger partial charge in [-0.25, -0.2) is 0 Å². The lowest BCUT2D eigenvalue weighted by Crippen LogP contribution is -2.46. The average molecular weight is 405 g/mol. The van der Waals surface area contributed by atoms with Gasteiger partial charge in [-0.2, -0.15) is 0 Å². The SMILES string of the molecule is CCCCN1C(=O)CC[C@@H](C(=O)OCC(=O)NC(C)C)[C@@H]1c1ccc(OC)cc1. The highest BCUT2D eigenvalue weighted by molar-refractivity contribution is 5.84. The predicted molar refractivity (Wildman–Crippen MR) is 109 cm³/mol. The lowest BCUT2D eigenvalue weighted by Gasteiger charge is -2.40. The van der Waals surface area contributed by atoms with Gasteiger partial charge < -0.3 is 19.7 Å². The molecule has 0 aromatic heterocycles. The number of nitrogens with zero attached hydrogens (tertiary/aromatic N) is 1. The summed E-state index contributed by atoms with van der Waals surface area (Å²) < 4.78 is 10.5. The van der Waals surface area contributed by atoms with Crippen LogP contribution < -0.4 is 10.1 Å². The normalized spacial score (nSPS) is 19.2. The minimum atomic E-state index is -0.509. The van der Waals surface area contributed by atoms with Gasteiger partial charge in [0, 0.05) is 19.0 Å². The number of piperidine rings is 1. The summed E-state index contributed by atoms with van der Waals surface area (Å²) in [5, 5.41) is 2.71. The zero-order valence-corrected chi connectivity index (χ0v) is 17.8. The zero-order chi connectivity index (χ0) is 21.4. The van der Waals surface area contributed by atoms with Gasteiger partial charge in [0.15, 0.2) is 6.61 Å². The van der Waals surface area contributed by atoms with Crippen LogP contribution in [0.1, 0.15) is 58.1 Å². The van der Waals surface area contributed by atoms with Gasteiger partial charge in [0.25, 0.3) is 5.91 Å². The van der Waals surface area contributed by atoms with Gasteiger partial charge in [0.1, 0.15) is 5.75 Å². The zero-order valence-electron chi connectivity index (χ0n) is 17.8. The topological polar surface area (TPSA) is 84.9 Å². The van der Waals surface area contributed by atoms with Crippen molar-refractivity contribution < 1.29 is 23.9 Å². The molecule has 2 rings (SSSR count). The molecule has 1 fully saturated rings. The summed E-state index contributed by atoms with van der Waals surface area (Å²) >= 11 is 0. The van der Waals surface area contributed by atoms with Crippen LogP contribution >= 0.6 is 0 Å².